The van der Waals surface area contributed by atoms with Gasteiger partial charge in [0.05, 0.1) is 5.71 Å². The maximum absolute atomic E-state index is 11.0. The molecule has 0 saturated heterocycles. The first-order chi connectivity index (χ1) is 5.06. The van der Waals surface area contributed by atoms with E-state index in [0.717, 1.165) is 0 Å². The molecule has 0 aliphatic carbocycles. The zero-order chi connectivity index (χ0) is 8.85. The van der Waals surface area contributed by atoms with Gasteiger partial charge in [0.1, 0.15) is 5.78 Å². The first-order valence-corrected chi connectivity index (χ1v) is 3.75. The Morgan fingerprint density at radius 1 is 1.55 bits per heavy atom. The average molecular weight is 157 g/mol. The van der Waals surface area contributed by atoms with Crippen molar-refractivity contribution in [2.45, 2.75) is 33.6 Å². The van der Waals surface area contributed by atoms with Gasteiger partial charge in [0.15, 0.2) is 0 Å². The van der Waals surface area contributed by atoms with Gasteiger partial charge in [-0.3, -0.25) is 4.79 Å². The largest absolute Gasteiger partial charge is 0.411 e. The molecule has 0 spiro atoms. The van der Waals surface area contributed by atoms with Crippen LogP contribution in [0.3, 0.4) is 0 Å². The Kier molecular flexibility index (Phi) is 4.50. The summed E-state index contributed by atoms with van der Waals surface area (Å²) >= 11 is 0. The van der Waals surface area contributed by atoms with Gasteiger partial charge in [-0.1, -0.05) is 19.0 Å². The average Bonchev–Trinajstić information content (AvgIpc) is 1.85. The van der Waals surface area contributed by atoms with E-state index in [1.807, 2.05) is 13.8 Å². The predicted molar refractivity (Wildman–Crippen MR) is 44.0 cm³/mol. The van der Waals surface area contributed by atoms with Crippen molar-refractivity contribution in [2.24, 2.45) is 11.1 Å². The lowest BCUT2D eigenvalue weighted by Crippen LogP contribution is -2.07. The standard InChI is InChI=1S/C8H15NO2/c1-6(2)4-8(10)5-7(3)9-11/h6,11H,4-5H2,1-3H3/b9-7-. The van der Waals surface area contributed by atoms with Gasteiger partial charge >= 0.3 is 0 Å². The summed E-state index contributed by atoms with van der Waals surface area (Å²) < 4.78 is 0. The van der Waals surface area contributed by atoms with Gasteiger partial charge in [-0.25, -0.2) is 0 Å². The van der Waals surface area contributed by atoms with E-state index in [9.17, 15) is 4.79 Å². The minimum Gasteiger partial charge on any atom is -0.411 e. The molecule has 0 rings (SSSR count). The van der Waals surface area contributed by atoms with Crippen molar-refractivity contribution in [3.63, 3.8) is 0 Å². The molecule has 0 unspecified atom stereocenters. The Hall–Kier alpha value is -0.860. The zero-order valence-corrected chi connectivity index (χ0v) is 7.29. The van der Waals surface area contributed by atoms with Crippen molar-refractivity contribution in [3.05, 3.63) is 0 Å². The molecule has 0 saturated carbocycles. The number of hydrogen-bond acceptors (Lipinski definition) is 3. The number of rotatable bonds is 4. The molecule has 0 aliphatic rings. The molecule has 0 radical (unpaired) electrons. The lowest BCUT2D eigenvalue weighted by Gasteiger charge is -2.01. The van der Waals surface area contributed by atoms with Crippen LogP contribution in [0, 0.1) is 5.92 Å². The van der Waals surface area contributed by atoms with Crippen LogP contribution in [0.1, 0.15) is 33.6 Å². The van der Waals surface area contributed by atoms with Crippen LogP contribution >= 0.6 is 0 Å². The number of nitrogens with zero attached hydrogens (tertiary/aromatic N) is 1. The van der Waals surface area contributed by atoms with Crippen molar-refractivity contribution >= 4 is 11.5 Å². The quantitative estimate of drug-likeness (QED) is 0.384. The fraction of sp³-hybridized carbons (Fsp3) is 0.750. The molecule has 0 fully saturated rings. The molecule has 0 aliphatic heterocycles. The molecule has 0 atom stereocenters. The van der Waals surface area contributed by atoms with Crippen LogP contribution in [0.4, 0.5) is 0 Å². The fourth-order valence-corrected chi connectivity index (χ4v) is 0.848. The Morgan fingerprint density at radius 3 is 2.45 bits per heavy atom. The molecular formula is C8H15NO2. The first-order valence-electron chi connectivity index (χ1n) is 3.75. The molecule has 1 N–H and O–H groups in total. The van der Waals surface area contributed by atoms with Crippen LogP contribution in [0.2, 0.25) is 0 Å². The van der Waals surface area contributed by atoms with Gasteiger partial charge in [-0.2, -0.15) is 0 Å². The predicted octanol–water partition coefficient (Wildman–Crippen LogP) is 1.84. The summed E-state index contributed by atoms with van der Waals surface area (Å²) in [5, 5.41) is 11.2. The van der Waals surface area contributed by atoms with Gasteiger partial charge in [-0.15, -0.1) is 0 Å². The first kappa shape index (κ1) is 10.1. The molecule has 0 aromatic rings. The van der Waals surface area contributed by atoms with Gasteiger partial charge in [0.2, 0.25) is 0 Å². The molecule has 11 heavy (non-hydrogen) atoms. The summed E-state index contributed by atoms with van der Waals surface area (Å²) in [6.45, 7) is 5.62. The summed E-state index contributed by atoms with van der Waals surface area (Å²) in [4.78, 5) is 11.0. The van der Waals surface area contributed by atoms with Crippen LogP contribution < -0.4 is 0 Å². The second-order valence-electron chi connectivity index (χ2n) is 3.15. The highest BCUT2D eigenvalue weighted by Crippen LogP contribution is 2.03. The van der Waals surface area contributed by atoms with Gasteiger partial charge in [0.25, 0.3) is 0 Å². The Labute approximate surface area is 67.1 Å². The second kappa shape index (κ2) is 4.88. The SMILES string of the molecule is C/C(CC(=O)CC(C)C)=N/O. The Morgan fingerprint density at radius 2 is 2.09 bits per heavy atom. The highest BCUT2D eigenvalue weighted by atomic mass is 16.4. The summed E-state index contributed by atoms with van der Waals surface area (Å²) in [6.07, 6.45) is 0.835. The van der Waals surface area contributed by atoms with Gasteiger partial charge < -0.3 is 5.21 Å². The van der Waals surface area contributed by atoms with E-state index in [1.54, 1.807) is 6.92 Å². The molecule has 3 heteroatoms. The van der Waals surface area contributed by atoms with Crippen LogP contribution in [0.5, 0.6) is 0 Å². The normalized spacial score (nSPS) is 12.2. The van der Waals surface area contributed by atoms with Crippen molar-refractivity contribution < 1.29 is 10.0 Å². The van der Waals surface area contributed by atoms with E-state index in [0.29, 0.717) is 18.1 Å². The topological polar surface area (TPSA) is 49.7 Å². The molecule has 0 aromatic heterocycles. The zero-order valence-electron chi connectivity index (χ0n) is 7.29. The van der Waals surface area contributed by atoms with E-state index < -0.39 is 0 Å². The van der Waals surface area contributed by atoms with Crippen molar-refractivity contribution in [1.29, 1.82) is 0 Å². The number of Topliss-reactive ketones (excluding diaryl/α,β-unsaturated/α-hetero) is 1. The molecule has 0 bridgehead atoms. The van der Waals surface area contributed by atoms with E-state index >= 15 is 0 Å². The lowest BCUT2D eigenvalue weighted by atomic mass is 10.0. The summed E-state index contributed by atoms with van der Waals surface area (Å²) in [5.74, 6) is 0.518. The number of ketones is 1. The fourth-order valence-electron chi connectivity index (χ4n) is 0.848. The summed E-state index contributed by atoms with van der Waals surface area (Å²) in [6, 6.07) is 0. The highest BCUT2D eigenvalue weighted by molar-refractivity contribution is 6.00. The Balaban J connectivity index is 3.70. The molecule has 64 valence electrons. The van der Waals surface area contributed by atoms with Crippen LogP contribution in [0.25, 0.3) is 0 Å². The maximum atomic E-state index is 11.0. The molecule has 0 amide bonds. The summed E-state index contributed by atoms with van der Waals surface area (Å²) in [7, 11) is 0. The van der Waals surface area contributed by atoms with E-state index in [4.69, 9.17) is 5.21 Å². The van der Waals surface area contributed by atoms with Crippen molar-refractivity contribution in [1.82, 2.24) is 0 Å². The number of carbonyl (C=O) groups is 1. The second-order valence-corrected chi connectivity index (χ2v) is 3.15. The smallest absolute Gasteiger partial charge is 0.138 e. The third-order valence-corrected chi connectivity index (χ3v) is 1.26. The third-order valence-electron chi connectivity index (χ3n) is 1.26. The molecule has 3 nitrogen and oxygen atoms in total. The summed E-state index contributed by atoms with van der Waals surface area (Å²) in [5.41, 5.74) is 0.482. The van der Waals surface area contributed by atoms with Crippen molar-refractivity contribution in [2.75, 3.05) is 0 Å². The minimum absolute atomic E-state index is 0.135. The minimum atomic E-state index is 0.135. The Bertz CT molecular complexity index is 161. The van der Waals surface area contributed by atoms with Crippen LogP contribution in [0.15, 0.2) is 5.16 Å². The number of carbonyl (C=O) groups excluding carboxylic acids is 1. The van der Waals surface area contributed by atoms with Crippen LogP contribution in [-0.2, 0) is 4.79 Å². The van der Waals surface area contributed by atoms with Crippen molar-refractivity contribution in [3.8, 4) is 0 Å². The molecule has 0 aromatic carbocycles. The third kappa shape index (κ3) is 5.58. The van der Waals surface area contributed by atoms with E-state index in [-0.39, 0.29) is 12.2 Å². The van der Waals surface area contributed by atoms with Gasteiger partial charge in [0, 0.05) is 12.8 Å². The highest BCUT2D eigenvalue weighted by Gasteiger charge is 2.06. The number of hydrogen-bond donors (Lipinski definition) is 1. The van der Waals surface area contributed by atoms with E-state index in [1.165, 1.54) is 0 Å². The van der Waals surface area contributed by atoms with E-state index in [2.05, 4.69) is 5.16 Å². The maximum Gasteiger partial charge on any atom is 0.138 e. The van der Waals surface area contributed by atoms with Gasteiger partial charge in [-0.05, 0) is 12.8 Å². The molecule has 0 heterocycles. The lowest BCUT2D eigenvalue weighted by molar-refractivity contribution is -0.118. The molecular weight excluding hydrogens is 142 g/mol. The monoisotopic (exact) mass is 157 g/mol. The van der Waals surface area contributed by atoms with Crippen LogP contribution in [-0.4, -0.2) is 16.7 Å². The number of oxime groups is 1.